The van der Waals surface area contributed by atoms with Crippen LogP contribution in [-0.4, -0.2) is 40.9 Å². The van der Waals surface area contributed by atoms with Gasteiger partial charge in [-0.25, -0.2) is 0 Å². The van der Waals surface area contributed by atoms with Crippen molar-refractivity contribution in [2.24, 2.45) is 0 Å². The first-order valence-corrected chi connectivity index (χ1v) is 7.53. The minimum Gasteiger partial charge on any atom is -0.473 e. The maximum atomic E-state index is 9.33. The van der Waals surface area contributed by atoms with Crippen molar-refractivity contribution in [3.05, 3.63) is 12.4 Å². The van der Waals surface area contributed by atoms with Crippen LogP contribution in [0.2, 0.25) is 0 Å². The van der Waals surface area contributed by atoms with Gasteiger partial charge in [0.05, 0.1) is 18.5 Å². The summed E-state index contributed by atoms with van der Waals surface area (Å²) in [4.78, 5) is 10.7. The van der Waals surface area contributed by atoms with Gasteiger partial charge in [0.15, 0.2) is 5.82 Å². The number of nitrogens with zero attached hydrogens (tertiary/aromatic N) is 3. The van der Waals surface area contributed by atoms with Gasteiger partial charge in [0.1, 0.15) is 6.10 Å². The summed E-state index contributed by atoms with van der Waals surface area (Å²) in [6, 6.07) is 0. The summed E-state index contributed by atoms with van der Waals surface area (Å²) in [5.74, 6) is 1.40. The van der Waals surface area contributed by atoms with Gasteiger partial charge in [0, 0.05) is 13.6 Å². The highest BCUT2D eigenvalue weighted by Crippen LogP contribution is 2.23. The lowest BCUT2D eigenvalue weighted by atomic mass is 9.98. The number of aromatic nitrogens is 2. The van der Waals surface area contributed by atoms with E-state index in [4.69, 9.17) is 4.74 Å². The van der Waals surface area contributed by atoms with E-state index in [0.29, 0.717) is 12.3 Å². The highest BCUT2D eigenvalue weighted by Gasteiger charge is 2.16. The zero-order valence-corrected chi connectivity index (χ0v) is 12.5. The molecule has 0 amide bonds. The molecule has 112 valence electrons. The zero-order valence-electron chi connectivity index (χ0n) is 12.5. The average Bonchev–Trinajstić information content (AvgIpc) is 2.46. The molecule has 0 radical (unpaired) electrons. The number of hydrogen-bond acceptors (Lipinski definition) is 5. The molecule has 1 fully saturated rings. The van der Waals surface area contributed by atoms with Crippen molar-refractivity contribution in [3.63, 3.8) is 0 Å². The SMILES string of the molecule is CC(O)CCN(C)c1cncc(OC2CCCCC2)n1. The van der Waals surface area contributed by atoms with Crippen LogP contribution in [0.1, 0.15) is 45.4 Å². The molecule has 0 bridgehead atoms. The Hall–Kier alpha value is -1.36. The van der Waals surface area contributed by atoms with E-state index < -0.39 is 0 Å². The van der Waals surface area contributed by atoms with Crippen molar-refractivity contribution in [2.45, 2.75) is 57.7 Å². The molecule has 1 atom stereocenters. The van der Waals surface area contributed by atoms with Crippen LogP contribution in [0.15, 0.2) is 12.4 Å². The van der Waals surface area contributed by atoms with Gasteiger partial charge >= 0.3 is 0 Å². The number of rotatable bonds is 6. The fraction of sp³-hybridized carbons (Fsp3) is 0.733. The third kappa shape index (κ3) is 4.63. The van der Waals surface area contributed by atoms with Crippen LogP contribution in [0.25, 0.3) is 0 Å². The Balaban J connectivity index is 1.92. The molecule has 1 aromatic rings. The van der Waals surface area contributed by atoms with Gasteiger partial charge < -0.3 is 14.7 Å². The molecule has 0 aromatic carbocycles. The van der Waals surface area contributed by atoms with Gasteiger partial charge in [0.2, 0.25) is 5.88 Å². The molecule has 0 spiro atoms. The fourth-order valence-corrected chi connectivity index (χ4v) is 2.43. The second-order valence-corrected chi connectivity index (χ2v) is 5.65. The van der Waals surface area contributed by atoms with Crippen LogP contribution in [0, 0.1) is 0 Å². The summed E-state index contributed by atoms with van der Waals surface area (Å²) in [5.41, 5.74) is 0. The second-order valence-electron chi connectivity index (χ2n) is 5.65. The summed E-state index contributed by atoms with van der Waals surface area (Å²) < 4.78 is 5.92. The first-order chi connectivity index (χ1) is 9.65. The van der Waals surface area contributed by atoms with Crippen molar-refractivity contribution in [1.82, 2.24) is 9.97 Å². The van der Waals surface area contributed by atoms with Gasteiger partial charge in [-0.15, -0.1) is 0 Å². The average molecular weight is 279 g/mol. The van der Waals surface area contributed by atoms with Gasteiger partial charge in [-0.05, 0) is 39.0 Å². The lowest BCUT2D eigenvalue weighted by Crippen LogP contribution is -2.24. The number of aliphatic hydroxyl groups is 1. The molecule has 1 N–H and O–H groups in total. The number of hydrogen-bond donors (Lipinski definition) is 1. The fourth-order valence-electron chi connectivity index (χ4n) is 2.43. The van der Waals surface area contributed by atoms with E-state index in [9.17, 15) is 5.11 Å². The van der Waals surface area contributed by atoms with Crippen LogP contribution >= 0.6 is 0 Å². The Bertz CT molecular complexity index is 406. The second kappa shape index (κ2) is 7.43. The van der Waals surface area contributed by atoms with E-state index in [-0.39, 0.29) is 12.2 Å². The van der Waals surface area contributed by atoms with Crippen molar-refractivity contribution in [2.75, 3.05) is 18.5 Å². The molecule has 1 saturated carbocycles. The lowest BCUT2D eigenvalue weighted by Gasteiger charge is -2.23. The molecule has 2 rings (SSSR count). The highest BCUT2D eigenvalue weighted by molar-refractivity contribution is 5.36. The third-order valence-electron chi connectivity index (χ3n) is 3.71. The first-order valence-electron chi connectivity index (χ1n) is 7.53. The van der Waals surface area contributed by atoms with Crippen molar-refractivity contribution < 1.29 is 9.84 Å². The number of anilines is 1. The van der Waals surface area contributed by atoms with Crippen molar-refractivity contribution in [3.8, 4) is 5.88 Å². The van der Waals surface area contributed by atoms with Gasteiger partial charge in [-0.1, -0.05) is 6.42 Å². The summed E-state index contributed by atoms with van der Waals surface area (Å²) in [6.07, 6.45) is 10.1. The molecule has 0 aliphatic heterocycles. The Morgan fingerprint density at radius 3 is 2.80 bits per heavy atom. The van der Waals surface area contributed by atoms with Crippen LogP contribution in [0.5, 0.6) is 5.88 Å². The summed E-state index contributed by atoms with van der Waals surface area (Å²) >= 11 is 0. The Labute approximate surface area is 121 Å². The summed E-state index contributed by atoms with van der Waals surface area (Å²) in [6.45, 7) is 2.54. The minimum absolute atomic E-state index is 0.288. The summed E-state index contributed by atoms with van der Waals surface area (Å²) in [7, 11) is 1.96. The van der Waals surface area contributed by atoms with Crippen LogP contribution in [-0.2, 0) is 0 Å². The number of ether oxygens (including phenoxy) is 1. The van der Waals surface area contributed by atoms with Crippen LogP contribution in [0.3, 0.4) is 0 Å². The van der Waals surface area contributed by atoms with Crippen LogP contribution < -0.4 is 9.64 Å². The molecular formula is C15H25N3O2. The van der Waals surface area contributed by atoms with E-state index in [1.54, 1.807) is 19.3 Å². The van der Waals surface area contributed by atoms with Gasteiger partial charge in [-0.2, -0.15) is 4.98 Å². The van der Waals surface area contributed by atoms with Gasteiger partial charge in [-0.3, -0.25) is 4.98 Å². The molecule has 20 heavy (non-hydrogen) atoms. The van der Waals surface area contributed by atoms with E-state index in [2.05, 4.69) is 9.97 Å². The normalized spacial score (nSPS) is 17.8. The molecule has 5 heteroatoms. The van der Waals surface area contributed by atoms with E-state index in [1.165, 1.54) is 19.3 Å². The largest absolute Gasteiger partial charge is 0.473 e. The predicted octanol–water partition coefficient (Wildman–Crippen LogP) is 2.40. The third-order valence-corrected chi connectivity index (χ3v) is 3.71. The molecule has 1 aliphatic carbocycles. The topological polar surface area (TPSA) is 58.5 Å². The Kier molecular flexibility index (Phi) is 5.59. The first kappa shape index (κ1) is 15.0. The minimum atomic E-state index is -0.299. The highest BCUT2D eigenvalue weighted by atomic mass is 16.5. The monoisotopic (exact) mass is 279 g/mol. The molecule has 1 aliphatic rings. The molecule has 0 saturated heterocycles. The van der Waals surface area contributed by atoms with E-state index >= 15 is 0 Å². The quantitative estimate of drug-likeness (QED) is 0.866. The smallest absolute Gasteiger partial charge is 0.234 e. The molecular weight excluding hydrogens is 254 g/mol. The molecule has 1 unspecified atom stereocenters. The van der Waals surface area contributed by atoms with Crippen molar-refractivity contribution in [1.29, 1.82) is 0 Å². The predicted molar refractivity (Wildman–Crippen MR) is 79.1 cm³/mol. The van der Waals surface area contributed by atoms with E-state index in [0.717, 1.165) is 25.2 Å². The zero-order chi connectivity index (χ0) is 14.4. The summed E-state index contributed by atoms with van der Waals surface area (Å²) in [5, 5.41) is 9.33. The standard InChI is InChI=1S/C15H25N3O2/c1-12(19)8-9-18(2)14-10-16-11-15(17-14)20-13-6-4-3-5-7-13/h10-13,19H,3-9H2,1-2H3. The molecule has 1 heterocycles. The van der Waals surface area contributed by atoms with Gasteiger partial charge in [0.25, 0.3) is 0 Å². The maximum absolute atomic E-state index is 9.33. The Morgan fingerprint density at radius 1 is 1.35 bits per heavy atom. The Morgan fingerprint density at radius 2 is 2.10 bits per heavy atom. The maximum Gasteiger partial charge on any atom is 0.234 e. The van der Waals surface area contributed by atoms with E-state index in [1.807, 2.05) is 11.9 Å². The van der Waals surface area contributed by atoms with Crippen LogP contribution in [0.4, 0.5) is 5.82 Å². The lowest BCUT2D eigenvalue weighted by molar-refractivity contribution is 0.148. The molecule has 5 nitrogen and oxygen atoms in total. The van der Waals surface area contributed by atoms with Crippen molar-refractivity contribution >= 4 is 5.82 Å². The molecule has 1 aromatic heterocycles. The number of aliphatic hydroxyl groups excluding tert-OH is 1.